The fourth-order valence-electron chi connectivity index (χ4n) is 3.85. The minimum absolute atomic E-state index is 0.0562. The average Bonchev–Trinajstić information content (AvgIpc) is 3.28. The molecule has 0 aliphatic carbocycles. The fraction of sp³-hybridized carbons (Fsp3) is 0.190. The third-order valence-corrected chi connectivity index (χ3v) is 6.19. The summed E-state index contributed by atoms with van der Waals surface area (Å²) in [5, 5.41) is 8.00. The molecule has 0 saturated heterocycles. The number of anilines is 1. The highest BCUT2D eigenvalue weighted by Gasteiger charge is 2.35. The Morgan fingerprint density at radius 2 is 1.97 bits per heavy atom. The van der Waals surface area contributed by atoms with Gasteiger partial charge < -0.3 is 5.32 Å². The number of nitrogens with zero attached hydrogens (tertiary/aromatic N) is 3. The van der Waals surface area contributed by atoms with Gasteiger partial charge in [0.05, 0.1) is 21.5 Å². The number of aryl methyl sites for hydroxylation is 1. The van der Waals surface area contributed by atoms with Crippen LogP contribution in [0.1, 0.15) is 34.7 Å². The molecule has 30 heavy (non-hydrogen) atoms. The Hall–Kier alpha value is -3.20. The van der Waals surface area contributed by atoms with Crippen LogP contribution in [0.25, 0.3) is 15.3 Å². The van der Waals surface area contributed by atoms with Crippen molar-refractivity contribution in [1.82, 2.24) is 14.8 Å². The minimum Gasteiger partial charge on any atom is -0.310 e. The molecule has 152 valence electrons. The van der Waals surface area contributed by atoms with Crippen molar-refractivity contribution in [3.8, 4) is 5.13 Å². The molecule has 0 unspecified atom stereocenters. The predicted molar refractivity (Wildman–Crippen MR) is 108 cm³/mol. The van der Waals surface area contributed by atoms with Crippen molar-refractivity contribution in [2.45, 2.75) is 25.4 Å². The number of aromatic nitrogens is 3. The van der Waals surface area contributed by atoms with Crippen molar-refractivity contribution in [3.05, 3.63) is 70.9 Å². The lowest BCUT2D eigenvalue weighted by Crippen LogP contribution is -2.25. The fourth-order valence-corrected chi connectivity index (χ4v) is 4.78. The average molecular weight is 428 g/mol. The molecule has 0 saturated carbocycles. The van der Waals surface area contributed by atoms with Crippen LogP contribution in [-0.4, -0.2) is 20.7 Å². The number of hydrogen-bond acceptors (Lipinski definition) is 4. The van der Waals surface area contributed by atoms with Crippen molar-refractivity contribution in [3.63, 3.8) is 0 Å². The van der Waals surface area contributed by atoms with Crippen LogP contribution in [-0.2, 0) is 11.0 Å². The van der Waals surface area contributed by atoms with E-state index in [0.29, 0.717) is 27.8 Å². The summed E-state index contributed by atoms with van der Waals surface area (Å²) < 4.78 is 42.2. The molecular formula is C21H15F3N4OS. The minimum atomic E-state index is -4.45. The third-order valence-electron chi connectivity index (χ3n) is 5.18. The highest BCUT2D eigenvalue weighted by molar-refractivity contribution is 7.20. The van der Waals surface area contributed by atoms with Gasteiger partial charge in [-0.3, -0.25) is 4.79 Å². The smallest absolute Gasteiger partial charge is 0.310 e. The first kappa shape index (κ1) is 18.8. The quantitative estimate of drug-likeness (QED) is 0.472. The van der Waals surface area contributed by atoms with Gasteiger partial charge in [0.2, 0.25) is 11.0 Å². The van der Waals surface area contributed by atoms with Crippen molar-refractivity contribution >= 4 is 33.3 Å². The number of carbonyl (C=O) groups is 1. The summed E-state index contributed by atoms with van der Waals surface area (Å²) in [5.41, 5.74) is 1.88. The van der Waals surface area contributed by atoms with E-state index in [-0.39, 0.29) is 12.3 Å². The first-order valence-corrected chi connectivity index (χ1v) is 10.1. The lowest BCUT2D eigenvalue weighted by atomic mass is 9.85. The van der Waals surface area contributed by atoms with Crippen molar-refractivity contribution in [2.24, 2.45) is 0 Å². The Kier molecular flexibility index (Phi) is 4.18. The number of rotatable bonds is 2. The molecule has 0 bridgehead atoms. The van der Waals surface area contributed by atoms with Gasteiger partial charge in [-0.05, 0) is 30.7 Å². The van der Waals surface area contributed by atoms with Gasteiger partial charge in [0, 0.05) is 17.9 Å². The first-order chi connectivity index (χ1) is 14.3. The number of alkyl halides is 3. The van der Waals surface area contributed by atoms with Gasteiger partial charge in [0.15, 0.2) is 0 Å². The van der Waals surface area contributed by atoms with Gasteiger partial charge in [0.1, 0.15) is 5.82 Å². The van der Waals surface area contributed by atoms with Gasteiger partial charge in [-0.25, -0.2) is 4.98 Å². The summed E-state index contributed by atoms with van der Waals surface area (Å²) >= 11 is 1.43. The maximum Gasteiger partial charge on any atom is 0.416 e. The van der Waals surface area contributed by atoms with Gasteiger partial charge in [-0.1, -0.05) is 41.7 Å². The highest BCUT2D eigenvalue weighted by Crippen LogP contribution is 2.42. The third kappa shape index (κ3) is 3.06. The van der Waals surface area contributed by atoms with Gasteiger partial charge in [-0.15, -0.1) is 0 Å². The molecule has 0 radical (unpaired) electrons. The summed E-state index contributed by atoms with van der Waals surface area (Å²) in [4.78, 5) is 17.1. The molecule has 1 N–H and O–H groups in total. The summed E-state index contributed by atoms with van der Waals surface area (Å²) in [5.74, 6) is -0.323. The zero-order chi connectivity index (χ0) is 21.0. The molecule has 5 rings (SSSR count). The Morgan fingerprint density at radius 3 is 2.73 bits per heavy atom. The Labute approximate surface area is 173 Å². The number of benzene rings is 2. The molecular weight excluding hydrogens is 413 g/mol. The predicted octanol–water partition coefficient (Wildman–Crippen LogP) is 5.28. The molecule has 1 aliphatic heterocycles. The van der Waals surface area contributed by atoms with E-state index < -0.39 is 17.7 Å². The molecule has 1 amide bonds. The topological polar surface area (TPSA) is 59.8 Å². The number of fused-ring (bicyclic) bond motifs is 2. The van der Waals surface area contributed by atoms with Crippen LogP contribution in [0.2, 0.25) is 0 Å². The van der Waals surface area contributed by atoms with Crippen LogP contribution in [0.3, 0.4) is 0 Å². The zero-order valence-electron chi connectivity index (χ0n) is 15.7. The maximum absolute atomic E-state index is 13.2. The molecule has 1 atom stereocenters. The molecule has 0 fully saturated rings. The summed E-state index contributed by atoms with van der Waals surface area (Å²) in [6.45, 7) is 1.79. The molecule has 9 heteroatoms. The van der Waals surface area contributed by atoms with E-state index in [9.17, 15) is 18.0 Å². The summed E-state index contributed by atoms with van der Waals surface area (Å²) in [6, 6.07) is 12.8. The zero-order valence-corrected chi connectivity index (χ0v) is 16.5. The van der Waals surface area contributed by atoms with E-state index in [2.05, 4.69) is 15.4 Å². The van der Waals surface area contributed by atoms with Crippen LogP contribution in [0.5, 0.6) is 0 Å². The number of para-hydroxylation sites is 1. The second-order valence-corrected chi connectivity index (χ2v) is 8.16. The van der Waals surface area contributed by atoms with Gasteiger partial charge >= 0.3 is 6.18 Å². The molecule has 5 nitrogen and oxygen atoms in total. The number of thiazole rings is 1. The first-order valence-electron chi connectivity index (χ1n) is 9.24. The maximum atomic E-state index is 13.2. The van der Waals surface area contributed by atoms with Crippen LogP contribution < -0.4 is 5.32 Å². The second-order valence-electron chi connectivity index (χ2n) is 7.15. The highest BCUT2D eigenvalue weighted by atomic mass is 32.1. The lowest BCUT2D eigenvalue weighted by molar-refractivity contribution is -0.137. The van der Waals surface area contributed by atoms with Crippen molar-refractivity contribution in [2.75, 3.05) is 5.32 Å². The Morgan fingerprint density at radius 1 is 1.17 bits per heavy atom. The number of carbonyl (C=O) groups excluding carboxylic acids is 1. The van der Waals surface area contributed by atoms with Gasteiger partial charge in [-0.2, -0.15) is 23.0 Å². The molecule has 3 heterocycles. The largest absolute Gasteiger partial charge is 0.416 e. The van der Waals surface area contributed by atoms with Crippen molar-refractivity contribution in [1.29, 1.82) is 0 Å². The van der Waals surface area contributed by atoms with Crippen LogP contribution in [0, 0.1) is 6.92 Å². The van der Waals surface area contributed by atoms with E-state index >= 15 is 0 Å². The van der Waals surface area contributed by atoms with Crippen molar-refractivity contribution < 1.29 is 18.0 Å². The number of nitrogens with one attached hydrogen (secondary N) is 1. The number of hydrogen-bond donors (Lipinski definition) is 1. The number of halogens is 3. The van der Waals surface area contributed by atoms with Crippen LogP contribution >= 0.6 is 11.3 Å². The molecule has 4 aromatic rings. The lowest BCUT2D eigenvalue weighted by Gasteiger charge is -2.24. The molecule has 1 aliphatic rings. The van der Waals surface area contributed by atoms with Gasteiger partial charge in [0.25, 0.3) is 0 Å². The van der Waals surface area contributed by atoms with E-state index in [1.807, 2.05) is 24.3 Å². The van der Waals surface area contributed by atoms with Crippen LogP contribution in [0.4, 0.5) is 19.0 Å². The Bertz CT molecular complexity index is 1260. The Balaban J connectivity index is 1.65. The standard InChI is InChI=1S/C21H15F3N4OS/c1-11-18-14(12-5-4-6-13(9-12)21(22,23)24)10-17(29)26-19(18)28(27-11)20-25-15-7-2-3-8-16(15)30-20/h2-9,14H,10H2,1H3,(H,26,29)/t14-/m1/s1. The monoisotopic (exact) mass is 428 g/mol. The van der Waals surface area contributed by atoms with E-state index in [4.69, 9.17) is 0 Å². The molecule has 0 spiro atoms. The van der Waals surface area contributed by atoms with E-state index in [1.165, 1.54) is 17.4 Å². The molecule has 2 aromatic carbocycles. The summed E-state index contributed by atoms with van der Waals surface area (Å²) in [7, 11) is 0. The van der Waals surface area contributed by atoms with Crippen LogP contribution in [0.15, 0.2) is 48.5 Å². The second kappa shape index (κ2) is 6.66. The normalized spacial score (nSPS) is 16.5. The number of amides is 1. The van der Waals surface area contributed by atoms with E-state index in [1.54, 1.807) is 17.7 Å². The summed E-state index contributed by atoms with van der Waals surface area (Å²) in [6.07, 6.45) is -4.39. The SMILES string of the molecule is Cc1nn(-c2nc3ccccc3s2)c2c1[C@@H](c1cccc(C(F)(F)F)c1)CC(=O)N2. The molecule has 2 aromatic heterocycles. The van der Waals surface area contributed by atoms with E-state index in [0.717, 1.165) is 22.3 Å².